The van der Waals surface area contributed by atoms with E-state index in [1.54, 1.807) is 0 Å². The van der Waals surface area contributed by atoms with Crippen LogP contribution in [0.4, 0.5) is 8.78 Å². The number of rotatable bonds is 15. The number of hydrogen-bond donors (Lipinski definition) is 16. The molecule has 0 aliphatic carbocycles. The van der Waals surface area contributed by atoms with Crippen molar-refractivity contribution in [3.63, 3.8) is 0 Å². The summed E-state index contributed by atoms with van der Waals surface area (Å²) in [4.78, 5) is 165. The number of halogens is 2. The van der Waals surface area contributed by atoms with E-state index in [1.165, 1.54) is 108 Å². The van der Waals surface area contributed by atoms with Gasteiger partial charge >= 0.3 is 5.97 Å². The molecule has 0 radical (unpaired) electrons. The van der Waals surface area contributed by atoms with Crippen molar-refractivity contribution in [2.24, 2.45) is 11.5 Å². The Labute approximate surface area is 588 Å². The quantitative estimate of drug-likeness (QED) is 0.0641. The SMILES string of the molecule is C[C@@]1(CCCCN)NC(=O)CCSCc2cccc(c2)CSC[C@@H](C(N)=O)NC(=O)[C@@H]2CCCN2C(=O)[C@H](Cc2ccc(O)cc2)NC(=O)[C@H](CC2CNCN2)NC(=O)[C@H](CC(=O)O)NC(=O)C(Cc2c[nH]c3ccc(F)cc23)NC(=O)[C@H](Cc2c[nH]c3ccc(F)cc23)NC(=O)CNC1=O. The van der Waals surface area contributed by atoms with Crippen molar-refractivity contribution < 1.29 is 71.7 Å². The molecule has 18 N–H and O–H groups in total. The number of aromatic amines is 2. The van der Waals surface area contributed by atoms with Gasteiger partial charge in [-0.15, -0.1) is 0 Å². The molecular formula is C69H85F2N15O13S2. The Kier molecular flexibility index (Phi) is 26.6. The van der Waals surface area contributed by atoms with Crippen LogP contribution < -0.4 is 64.6 Å². The Morgan fingerprint density at radius 3 is 1.91 bits per heavy atom. The highest BCUT2D eigenvalue weighted by Crippen LogP contribution is 2.27. The summed E-state index contributed by atoms with van der Waals surface area (Å²) in [7, 11) is 0. The first-order chi connectivity index (χ1) is 48.4. The average Bonchev–Trinajstić information content (AvgIpc) is 1.79. The van der Waals surface area contributed by atoms with E-state index in [4.69, 9.17) is 11.5 Å². The average molecular weight is 1430 g/mol. The van der Waals surface area contributed by atoms with E-state index >= 15 is 14.4 Å². The molecule has 540 valence electrons. The number of H-pyrrole nitrogens is 2. The minimum Gasteiger partial charge on any atom is -0.508 e. The zero-order chi connectivity index (χ0) is 72.3. The Balaban J connectivity index is 1.05. The molecule has 2 unspecified atom stereocenters. The number of fused-ring (bicyclic) bond motifs is 5. The van der Waals surface area contributed by atoms with E-state index in [0.717, 1.165) is 11.1 Å². The maximum absolute atomic E-state index is 15.1. The monoisotopic (exact) mass is 1430 g/mol. The highest BCUT2D eigenvalue weighted by Gasteiger charge is 2.42. The molecule has 2 bridgehead atoms. The van der Waals surface area contributed by atoms with Gasteiger partial charge < -0.3 is 89.7 Å². The lowest BCUT2D eigenvalue weighted by Crippen LogP contribution is -2.61. The lowest BCUT2D eigenvalue weighted by Gasteiger charge is -2.31. The number of thioether (sulfide) groups is 2. The highest BCUT2D eigenvalue weighted by atomic mass is 32.2. The number of nitrogens with one attached hydrogen (secondary N) is 12. The molecule has 9 rings (SSSR count). The van der Waals surface area contributed by atoms with Crippen LogP contribution in [0.2, 0.25) is 0 Å². The molecule has 3 aliphatic heterocycles. The molecule has 9 atom stereocenters. The van der Waals surface area contributed by atoms with Crippen LogP contribution in [0.5, 0.6) is 5.75 Å². The van der Waals surface area contributed by atoms with Crippen LogP contribution in [-0.4, -0.2) is 188 Å². The second kappa shape index (κ2) is 35.6. The standard InChI is InChI=1S/C69H85F2N15O13S2/c1-69(18-2-3-19-72)68(99)77-33-59(89)79-51(24-41-30-75-49-15-11-43(70)26-47(41)49)62(93)80-52(25-42-31-76-50-16-12-44(71)27-48(42)50)63(94)82-54(29-60(90)91)65(96)81-53(28-45-32-74-37-78-45)64(95)83-55(23-38-9-13-46(87)14-10-38)67(98)86-20-5-8-57(86)66(97)84-56(61(73)92)36-101-35-40-7-4-6-39(22-40)34-100-21-17-58(88)85-69/h4,6-7,9-16,22,26-27,30-31,45,51-57,74-76,78,87H,2-3,5,8,17-21,23-25,28-29,32-37,72H2,1H3,(H2,73,92)(H,77,99)(H,79,89)(H,80,93)(H,81,96)(H,82,94)(H,83,95)(H,84,97)(H,85,88)(H,90,91)/t45?,51-,52?,53-,54-,55-,56-,57-,69-/m0/s1. The number of aliphatic carboxylic acids is 1. The molecule has 0 spiro atoms. The van der Waals surface area contributed by atoms with E-state index in [0.29, 0.717) is 70.7 Å². The van der Waals surface area contributed by atoms with E-state index in [9.17, 15) is 57.4 Å². The number of phenols is 1. The van der Waals surface area contributed by atoms with Crippen LogP contribution in [0.15, 0.2) is 97.3 Å². The van der Waals surface area contributed by atoms with Crippen molar-refractivity contribution in [2.75, 3.05) is 44.4 Å². The maximum atomic E-state index is 15.1. The maximum Gasteiger partial charge on any atom is 0.305 e. The number of carbonyl (C=O) groups is 11. The molecule has 2 fully saturated rings. The predicted octanol–water partition coefficient (Wildman–Crippen LogP) is 1.12. The lowest BCUT2D eigenvalue weighted by atomic mass is 9.93. The number of nitrogens with two attached hydrogens (primary N) is 2. The molecule has 4 aromatic carbocycles. The van der Waals surface area contributed by atoms with Gasteiger partial charge in [0.15, 0.2) is 0 Å². The highest BCUT2D eigenvalue weighted by molar-refractivity contribution is 7.98. The van der Waals surface area contributed by atoms with Crippen molar-refractivity contribution in [3.8, 4) is 5.75 Å². The van der Waals surface area contributed by atoms with Gasteiger partial charge in [-0.1, -0.05) is 36.4 Å². The predicted molar refractivity (Wildman–Crippen MR) is 374 cm³/mol. The first-order valence-electron chi connectivity index (χ1n) is 33.3. The smallest absolute Gasteiger partial charge is 0.305 e. The number of primary amides is 1. The molecule has 5 heterocycles. The Morgan fingerprint density at radius 2 is 1.29 bits per heavy atom. The summed E-state index contributed by atoms with van der Waals surface area (Å²) in [6, 6.07) is 9.82. The zero-order valence-electron chi connectivity index (χ0n) is 55.6. The van der Waals surface area contributed by atoms with Crippen LogP contribution in [0, 0.1) is 11.6 Å². The normalized spacial score (nSPS) is 24.2. The molecule has 32 heteroatoms. The van der Waals surface area contributed by atoms with Crippen LogP contribution in [0.25, 0.3) is 21.8 Å². The summed E-state index contributed by atoms with van der Waals surface area (Å²) in [5.74, 6) is -10.4. The van der Waals surface area contributed by atoms with Gasteiger partial charge in [-0.05, 0) is 128 Å². The fraction of sp³-hybridized carbons (Fsp3) is 0.435. The number of benzene rings is 4. The third-order valence-electron chi connectivity index (χ3n) is 17.9. The number of hydrogen-bond acceptors (Lipinski definition) is 17. The van der Waals surface area contributed by atoms with Crippen molar-refractivity contribution in [3.05, 3.63) is 137 Å². The van der Waals surface area contributed by atoms with Gasteiger partial charge in [-0.25, -0.2) is 8.78 Å². The van der Waals surface area contributed by atoms with E-state index in [2.05, 4.69) is 63.1 Å². The number of aromatic nitrogens is 2. The first-order valence-corrected chi connectivity index (χ1v) is 35.6. The van der Waals surface area contributed by atoms with Gasteiger partial charge in [0.2, 0.25) is 59.1 Å². The van der Waals surface area contributed by atoms with E-state index in [1.807, 2.05) is 24.3 Å². The Morgan fingerprint density at radius 1 is 0.683 bits per heavy atom. The number of amides is 10. The topological polar surface area (TPSA) is 435 Å². The van der Waals surface area contributed by atoms with Gasteiger partial charge in [-0.3, -0.25) is 52.7 Å². The molecule has 10 amide bonds. The fourth-order valence-corrected chi connectivity index (χ4v) is 14.4. The fourth-order valence-electron chi connectivity index (χ4n) is 12.5. The summed E-state index contributed by atoms with van der Waals surface area (Å²) >= 11 is 2.80. The molecule has 2 aromatic heterocycles. The molecule has 28 nitrogen and oxygen atoms in total. The molecule has 3 aliphatic rings. The van der Waals surface area contributed by atoms with Gasteiger partial charge in [0.1, 0.15) is 65.2 Å². The number of aromatic hydroxyl groups is 1. The number of unbranched alkanes of at least 4 members (excludes halogenated alkanes) is 1. The van der Waals surface area contributed by atoms with Crippen molar-refractivity contribution >= 4 is 110 Å². The summed E-state index contributed by atoms with van der Waals surface area (Å²) in [5, 5.41) is 48.6. The number of carboxylic acid groups (broad SMARTS) is 1. The van der Waals surface area contributed by atoms with Crippen LogP contribution in [-0.2, 0) is 83.5 Å². The molecular weight excluding hydrogens is 1350 g/mol. The number of carbonyl (C=O) groups excluding carboxylic acids is 10. The largest absolute Gasteiger partial charge is 0.508 e. The van der Waals surface area contributed by atoms with E-state index in [-0.39, 0.29) is 80.6 Å². The number of carboxylic acids is 1. The molecule has 101 heavy (non-hydrogen) atoms. The van der Waals surface area contributed by atoms with Crippen molar-refractivity contribution in [2.45, 2.75) is 143 Å². The Bertz CT molecular complexity index is 4010. The summed E-state index contributed by atoms with van der Waals surface area (Å²) < 4.78 is 29.9. The zero-order valence-corrected chi connectivity index (χ0v) is 57.2. The van der Waals surface area contributed by atoms with Crippen LogP contribution in [0.1, 0.15) is 86.1 Å². The van der Waals surface area contributed by atoms with Gasteiger partial charge in [-0.2, -0.15) is 23.5 Å². The van der Waals surface area contributed by atoms with Gasteiger partial charge in [0.25, 0.3) is 0 Å². The van der Waals surface area contributed by atoms with Crippen LogP contribution in [0.3, 0.4) is 0 Å². The molecule has 6 aromatic rings. The molecule has 0 saturated carbocycles. The summed E-state index contributed by atoms with van der Waals surface area (Å²) in [6.07, 6.45) is 2.14. The van der Waals surface area contributed by atoms with Crippen molar-refractivity contribution in [1.29, 1.82) is 0 Å². The van der Waals surface area contributed by atoms with Crippen molar-refractivity contribution in [1.82, 2.24) is 68.0 Å². The lowest BCUT2D eigenvalue weighted by molar-refractivity contribution is -0.143. The first kappa shape index (κ1) is 75.6. The van der Waals surface area contributed by atoms with E-state index < -0.39 is 150 Å². The van der Waals surface area contributed by atoms with Gasteiger partial charge in [0.05, 0.1) is 13.0 Å². The minimum atomic E-state index is -2.01. The number of nitrogens with zero attached hydrogens (tertiary/aromatic N) is 1. The third kappa shape index (κ3) is 21.2. The van der Waals surface area contributed by atoms with Gasteiger partial charge in [0, 0.05) is 109 Å². The van der Waals surface area contributed by atoms with Crippen LogP contribution >= 0.6 is 23.5 Å². The minimum absolute atomic E-state index is 0.000575. The molecule has 2 saturated heterocycles. The summed E-state index contributed by atoms with van der Waals surface area (Å²) in [5.41, 5.74) is 13.8. The summed E-state index contributed by atoms with van der Waals surface area (Å²) in [6.45, 7) is 1.68. The second-order valence-electron chi connectivity index (χ2n) is 25.6. The number of phenolic OH excluding ortho intramolecular Hbond substituents is 1. The Hall–Kier alpha value is -9.63. The second-order valence-corrected chi connectivity index (χ2v) is 27.8. The third-order valence-corrected chi connectivity index (χ3v) is 20.0.